The van der Waals surface area contributed by atoms with Gasteiger partial charge in [-0.05, 0) is 19.3 Å². The van der Waals surface area contributed by atoms with Crippen LogP contribution < -0.4 is 0 Å². The third kappa shape index (κ3) is 2.06. The van der Waals surface area contributed by atoms with E-state index in [1.54, 1.807) is 0 Å². The second-order valence-electron chi connectivity index (χ2n) is 2.68. The fourth-order valence-electron chi connectivity index (χ4n) is 1.32. The maximum Gasteiger partial charge on any atom is 0.334 e. The lowest BCUT2D eigenvalue weighted by Crippen LogP contribution is -2.07. The SMILES string of the molecule is COC(=O)C1=C(S(=O)(=O)F)CCC1. The van der Waals surface area contributed by atoms with Gasteiger partial charge in [-0.3, -0.25) is 0 Å². The predicted molar refractivity (Wildman–Crippen MR) is 42.9 cm³/mol. The van der Waals surface area contributed by atoms with Crippen molar-refractivity contribution in [2.45, 2.75) is 19.3 Å². The van der Waals surface area contributed by atoms with Gasteiger partial charge in [-0.1, -0.05) is 0 Å². The van der Waals surface area contributed by atoms with E-state index in [1.807, 2.05) is 0 Å². The Morgan fingerprint density at radius 2 is 2.08 bits per heavy atom. The lowest BCUT2D eigenvalue weighted by atomic mass is 10.2. The Hall–Kier alpha value is -0.910. The summed E-state index contributed by atoms with van der Waals surface area (Å²) in [5.41, 5.74) is -0.0509. The van der Waals surface area contributed by atoms with E-state index in [-0.39, 0.29) is 18.4 Å². The predicted octanol–water partition coefficient (Wildman–Crippen LogP) is 0.897. The number of carbonyl (C=O) groups excluding carboxylic acids is 1. The van der Waals surface area contributed by atoms with Crippen molar-refractivity contribution in [1.82, 2.24) is 0 Å². The Balaban J connectivity index is 3.11. The molecule has 1 aliphatic rings. The average Bonchev–Trinajstić information content (AvgIpc) is 2.49. The topological polar surface area (TPSA) is 60.4 Å². The summed E-state index contributed by atoms with van der Waals surface area (Å²) in [5, 5.41) is 0. The molecule has 0 aromatic rings. The zero-order valence-electron chi connectivity index (χ0n) is 7.04. The zero-order valence-corrected chi connectivity index (χ0v) is 7.86. The summed E-state index contributed by atoms with van der Waals surface area (Å²) in [7, 11) is -3.59. The molecule has 0 N–H and O–H groups in total. The van der Waals surface area contributed by atoms with E-state index in [0.29, 0.717) is 6.42 Å². The second kappa shape index (κ2) is 3.45. The number of hydrogen-bond acceptors (Lipinski definition) is 4. The molecule has 1 aliphatic carbocycles. The maximum atomic E-state index is 12.5. The van der Waals surface area contributed by atoms with E-state index in [1.165, 1.54) is 0 Å². The van der Waals surface area contributed by atoms with Crippen molar-refractivity contribution in [3.05, 3.63) is 10.5 Å². The number of rotatable bonds is 2. The minimum Gasteiger partial charge on any atom is -0.466 e. The van der Waals surface area contributed by atoms with Crippen molar-refractivity contribution in [2.24, 2.45) is 0 Å². The van der Waals surface area contributed by atoms with Crippen LogP contribution in [0, 0.1) is 0 Å². The van der Waals surface area contributed by atoms with Crippen LogP contribution in [0.2, 0.25) is 0 Å². The first-order chi connectivity index (χ1) is 5.96. The van der Waals surface area contributed by atoms with Gasteiger partial charge in [0, 0.05) is 0 Å². The van der Waals surface area contributed by atoms with E-state index in [9.17, 15) is 17.1 Å². The van der Waals surface area contributed by atoms with Gasteiger partial charge in [-0.2, -0.15) is 8.42 Å². The Morgan fingerprint density at radius 3 is 2.54 bits per heavy atom. The largest absolute Gasteiger partial charge is 0.466 e. The summed E-state index contributed by atoms with van der Waals surface area (Å²) >= 11 is 0. The van der Waals surface area contributed by atoms with E-state index >= 15 is 0 Å². The van der Waals surface area contributed by atoms with Gasteiger partial charge in [0.1, 0.15) is 0 Å². The minimum absolute atomic E-state index is 0.0509. The minimum atomic E-state index is -4.73. The summed E-state index contributed by atoms with van der Waals surface area (Å²) in [5.74, 6) is -0.756. The quantitative estimate of drug-likeness (QED) is 0.499. The molecule has 0 aromatic heterocycles. The highest BCUT2D eigenvalue weighted by Crippen LogP contribution is 2.31. The van der Waals surface area contributed by atoms with Gasteiger partial charge < -0.3 is 4.74 Å². The van der Waals surface area contributed by atoms with E-state index in [4.69, 9.17) is 0 Å². The zero-order chi connectivity index (χ0) is 10.1. The van der Waals surface area contributed by atoms with Crippen LogP contribution in [-0.4, -0.2) is 21.5 Å². The van der Waals surface area contributed by atoms with Crippen LogP contribution in [0.3, 0.4) is 0 Å². The van der Waals surface area contributed by atoms with Gasteiger partial charge in [0.2, 0.25) is 0 Å². The fourth-order valence-corrected chi connectivity index (χ4v) is 2.19. The van der Waals surface area contributed by atoms with Gasteiger partial charge >= 0.3 is 16.2 Å². The molecule has 6 heteroatoms. The Labute approximate surface area is 75.6 Å². The normalized spacial score (nSPS) is 17.7. The van der Waals surface area contributed by atoms with Crippen LogP contribution in [0.5, 0.6) is 0 Å². The summed E-state index contributed by atoms with van der Waals surface area (Å²) in [6, 6.07) is 0. The number of hydrogen-bond donors (Lipinski definition) is 0. The number of carbonyl (C=O) groups is 1. The number of esters is 1. The Morgan fingerprint density at radius 1 is 1.46 bits per heavy atom. The molecule has 0 amide bonds. The first-order valence-corrected chi connectivity index (χ1v) is 5.10. The molecule has 1 rings (SSSR count). The molecule has 4 nitrogen and oxygen atoms in total. The molecule has 0 unspecified atom stereocenters. The van der Waals surface area contributed by atoms with Crippen LogP contribution in [0.15, 0.2) is 10.5 Å². The number of methoxy groups -OCH3 is 1. The van der Waals surface area contributed by atoms with Crippen molar-refractivity contribution in [1.29, 1.82) is 0 Å². The Kier molecular flexibility index (Phi) is 2.70. The van der Waals surface area contributed by atoms with Crippen molar-refractivity contribution < 1.29 is 21.8 Å². The molecule has 13 heavy (non-hydrogen) atoms. The van der Waals surface area contributed by atoms with Gasteiger partial charge in [-0.25, -0.2) is 4.79 Å². The number of halogens is 1. The second-order valence-corrected chi connectivity index (χ2v) is 4.05. The molecule has 0 heterocycles. The van der Waals surface area contributed by atoms with Gasteiger partial charge in [-0.15, -0.1) is 3.89 Å². The number of ether oxygens (including phenoxy) is 1. The highest BCUT2D eigenvalue weighted by atomic mass is 32.3. The molecule has 0 saturated carbocycles. The van der Waals surface area contributed by atoms with E-state index in [0.717, 1.165) is 7.11 Å². The average molecular weight is 208 g/mol. The van der Waals surface area contributed by atoms with E-state index in [2.05, 4.69) is 4.74 Å². The standard InChI is InChI=1S/C7H9FO4S/c1-12-7(9)5-3-2-4-6(5)13(8,10)11/h2-4H2,1H3. The monoisotopic (exact) mass is 208 g/mol. The molecule has 0 atom stereocenters. The highest BCUT2D eigenvalue weighted by Gasteiger charge is 2.30. The molecule has 0 spiro atoms. The molecular weight excluding hydrogens is 199 g/mol. The summed E-state index contributed by atoms with van der Waals surface area (Å²) in [4.78, 5) is 10.5. The molecule has 0 fully saturated rings. The van der Waals surface area contributed by atoms with Gasteiger partial charge in [0.15, 0.2) is 0 Å². The smallest absolute Gasteiger partial charge is 0.334 e. The fraction of sp³-hybridized carbons (Fsp3) is 0.571. The van der Waals surface area contributed by atoms with Gasteiger partial charge in [0.05, 0.1) is 17.6 Å². The van der Waals surface area contributed by atoms with Crippen LogP contribution in [-0.2, 0) is 19.8 Å². The first-order valence-electron chi connectivity index (χ1n) is 3.72. The van der Waals surface area contributed by atoms with Crippen molar-refractivity contribution in [2.75, 3.05) is 7.11 Å². The van der Waals surface area contributed by atoms with Crippen LogP contribution in [0.25, 0.3) is 0 Å². The van der Waals surface area contributed by atoms with Crippen molar-refractivity contribution in [3.63, 3.8) is 0 Å². The summed E-state index contributed by atoms with van der Waals surface area (Å²) in [6.07, 6.45) is 0.831. The molecule has 0 radical (unpaired) electrons. The van der Waals surface area contributed by atoms with Gasteiger partial charge in [0.25, 0.3) is 0 Å². The summed E-state index contributed by atoms with van der Waals surface area (Å²) < 4.78 is 37.9. The molecule has 0 bridgehead atoms. The van der Waals surface area contributed by atoms with Crippen LogP contribution in [0.1, 0.15) is 19.3 Å². The third-order valence-corrected chi connectivity index (χ3v) is 2.93. The summed E-state index contributed by atoms with van der Waals surface area (Å²) in [6.45, 7) is 0. The first kappa shape index (κ1) is 10.2. The lowest BCUT2D eigenvalue weighted by molar-refractivity contribution is -0.136. The molecule has 0 saturated heterocycles. The molecule has 0 aromatic carbocycles. The molecular formula is C7H9FO4S. The molecule has 74 valence electrons. The highest BCUT2D eigenvalue weighted by molar-refractivity contribution is 7.90. The van der Waals surface area contributed by atoms with Crippen molar-refractivity contribution >= 4 is 16.2 Å². The van der Waals surface area contributed by atoms with Crippen LogP contribution >= 0.6 is 0 Å². The maximum absolute atomic E-state index is 12.5. The third-order valence-electron chi connectivity index (χ3n) is 1.89. The van der Waals surface area contributed by atoms with Crippen molar-refractivity contribution in [3.8, 4) is 0 Å². The number of allylic oxidation sites excluding steroid dienone is 1. The Bertz CT molecular complexity index is 355. The lowest BCUT2D eigenvalue weighted by Gasteiger charge is -2.00. The molecule has 0 aliphatic heterocycles. The van der Waals surface area contributed by atoms with Crippen LogP contribution in [0.4, 0.5) is 3.89 Å². The van der Waals surface area contributed by atoms with E-state index < -0.39 is 21.1 Å².